The third-order valence-electron chi connectivity index (χ3n) is 2.13. The van der Waals surface area contributed by atoms with Crippen LogP contribution in [0.4, 0.5) is 0 Å². The molecule has 0 aromatic carbocycles. The summed E-state index contributed by atoms with van der Waals surface area (Å²) in [5, 5.41) is 3.40. The molecule has 1 aliphatic rings. The van der Waals surface area contributed by atoms with Crippen LogP contribution in [0.1, 0.15) is 26.2 Å². The lowest BCUT2D eigenvalue weighted by molar-refractivity contribution is 0.0209. The van der Waals surface area contributed by atoms with E-state index in [0.717, 1.165) is 19.4 Å². The van der Waals surface area contributed by atoms with Crippen molar-refractivity contribution in [2.24, 2.45) is 5.90 Å². The molecule has 12 heavy (non-hydrogen) atoms. The van der Waals surface area contributed by atoms with Crippen LogP contribution in [0.3, 0.4) is 0 Å². The quantitative estimate of drug-likeness (QED) is 0.684. The van der Waals surface area contributed by atoms with Crippen molar-refractivity contribution in [2.45, 2.75) is 38.3 Å². The fourth-order valence-electron chi connectivity index (χ4n) is 1.40. The first-order valence-electron chi connectivity index (χ1n) is 3.95. The highest BCUT2D eigenvalue weighted by atomic mass is 35.5. The first kappa shape index (κ1) is 15.0. The Morgan fingerprint density at radius 2 is 2.17 bits per heavy atom. The molecule has 1 fully saturated rings. The van der Waals surface area contributed by atoms with Gasteiger partial charge in [0.25, 0.3) is 0 Å². The zero-order valence-corrected chi connectivity index (χ0v) is 8.92. The van der Waals surface area contributed by atoms with Crippen LogP contribution in [0.25, 0.3) is 0 Å². The molecule has 76 valence electrons. The summed E-state index contributed by atoms with van der Waals surface area (Å²) in [6, 6.07) is 0.613. The van der Waals surface area contributed by atoms with E-state index in [1.54, 1.807) is 0 Å². The van der Waals surface area contributed by atoms with Crippen molar-refractivity contribution < 1.29 is 4.84 Å². The Morgan fingerprint density at radius 3 is 2.67 bits per heavy atom. The second-order valence-electron chi connectivity index (χ2n) is 2.84. The Hall–Kier alpha value is 0.460. The number of nitrogens with two attached hydrogens (primary N) is 1. The Kier molecular flexibility index (Phi) is 10.1. The average Bonchev–Trinajstić information content (AvgIpc) is 2.05. The molecule has 3 nitrogen and oxygen atoms in total. The van der Waals surface area contributed by atoms with Gasteiger partial charge in [0.2, 0.25) is 0 Å². The molecule has 0 amide bonds. The van der Waals surface area contributed by atoms with Crippen LogP contribution in [0, 0.1) is 0 Å². The van der Waals surface area contributed by atoms with Gasteiger partial charge >= 0.3 is 0 Å². The van der Waals surface area contributed by atoms with Crippen LogP contribution in [0.15, 0.2) is 0 Å². The van der Waals surface area contributed by atoms with Gasteiger partial charge in [-0.3, -0.25) is 0 Å². The van der Waals surface area contributed by atoms with E-state index in [2.05, 4.69) is 12.2 Å². The van der Waals surface area contributed by atoms with Gasteiger partial charge in [0.1, 0.15) is 0 Å². The minimum absolute atomic E-state index is 0. The summed E-state index contributed by atoms with van der Waals surface area (Å²) in [5.41, 5.74) is 0. The molecule has 0 saturated carbocycles. The van der Waals surface area contributed by atoms with Crippen molar-refractivity contribution in [1.29, 1.82) is 0 Å². The van der Waals surface area contributed by atoms with E-state index < -0.39 is 0 Å². The summed E-state index contributed by atoms with van der Waals surface area (Å²) in [4.78, 5) is 4.78. The summed E-state index contributed by atoms with van der Waals surface area (Å²) in [6.45, 7) is 3.22. The smallest absolute Gasteiger partial charge is 0.0814 e. The van der Waals surface area contributed by atoms with Gasteiger partial charge in [0, 0.05) is 6.04 Å². The highest BCUT2D eigenvalue weighted by Crippen LogP contribution is 2.12. The topological polar surface area (TPSA) is 47.3 Å². The Bertz CT molecular complexity index is 95.4. The second kappa shape index (κ2) is 8.08. The molecule has 0 aromatic rings. The highest BCUT2D eigenvalue weighted by molar-refractivity contribution is 5.85. The van der Waals surface area contributed by atoms with Gasteiger partial charge in [-0.2, -0.15) is 0 Å². The van der Waals surface area contributed by atoms with Gasteiger partial charge < -0.3 is 10.2 Å². The summed E-state index contributed by atoms with van der Waals surface area (Å²) < 4.78 is 0. The molecule has 3 N–H and O–H groups in total. The lowest BCUT2D eigenvalue weighted by Crippen LogP contribution is -2.41. The van der Waals surface area contributed by atoms with E-state index in [-0.39, 0.29) is 30.9 Å². The molecule has 0 aromatic heterocycles. The van der Waals surface area contributed by atoms with Gasteiger partial charge in [0.15, 0.2) is 0 Å². The van der Waals surface area contributed by atoms with Crippen LogP contribution >= 0.6 is 24.8 Å². The van der Waals surface area contributed by atoms with Crippen molar-refractivity contribution in [3.8, 4) is 0 Å². The standard InChI is InChI=1S/C7H16N2O.2ClH/c1-2-6-5-7(10-8)3-4-9-6;;/h6-7,9H,2-5,8H2,1H3;2*1H/t6-,7+;;/m0../s1. The second-order valence-corrected chi connectivity index (χ2v) is 2.84. The maximum Gasteiger partial charge on any atom is 0.0814 e. The van der Waals surface area contributed by atoms with E-state index in [1.165, 1.54) is 6.42 Å². The minimum Gasteiger partial charge on any atom is -0.314 e. The fraction of sp³-hybridized carbons (Fsp3) is 1.00. The Morgan fingerprint density at radius 1 is 1.50 bits per heavy atom. The summed E-state index contributed by atoms with van der Waals surface area (Å²) in [6.07, 6.45) is 3.56. The average molecular weight is 217 g/mol. The third kappa shape index (κ3) is 4.48. The van der Waals surface area contributed by atoms with E-state index in [4.69, 9.17) is 10.7 Å². The fourth-order valence-corrected chi connectivity index (χ4v) is 1.40. The monoisotopic (exact) mass is 216 g/mol. The summed E-state index contributed by atoms with van der Waals surface area (Å²) in [5.74, 6) is 5.09. The van der Waals surface area contributed by atoms with Gasteiger partial charge in [-0.05, 0) is 25.8 Å². The first-order chi connectivity index (χ1) is 4.86. The molecular weight excluding hydrogens is 199 g/mol. The molecule has 0 radical (unpaired) electrons. The van der Waals surface area contributed by atoms with Crippen molar-refractivity contribution in [3.63, 3.8) is 0 Å². The molecule has 0 spiro atoms. The zero-order chi connectivity index (χ0) is 7.40. The number of hydrogen-bond acceptors (Lipinski definition) is 3. The zero-order valence-electron chi connectivity index (χ0n) is 7.29. The normalized spacial score (nSPS) is 28.5. The van der Waals surface area contributed by atoms with E-state index in [9.17, 15) is 0 Å². The van der Waals surface area contributed by atoms with Crippen LogP contribution in [-0.2, 0) is 4.84 Å². The Labute approximate surface area is 86.2 Å². The van der Waals surface area contributed by atoms with Gasteiger partial charge in [-0.1, -0.05) is 6.92 Å². The number of rotatable bonds is 2. The molecule has 1 heterocycles. The molecule has 1 aliphatic heterocycles. The minimum atomic E-state index is 0. The molecule has 0 aliphatic carbocycles. The molecule has 0 unspecified atom stereocenters. The number of halogens is 2. The predicted molar refractivity (Wildman–Crippen MR) is 54.9 cm³/mol. The van der Waals surface area contributed by atoms with Gasteiger partial charge in [-0.15, -0.1) is 24.8 Å². The van der Waals surface area contributed by atoms with Gasteiger partial charge in [0.05, 0.1) is 6.10 Å². The van der Waals surface area contributed by atoms with Crippen LogP contribution in [0.5, 0.6) is 0 Å². The van der Waals surface area contributed by atoms with E-state index >= 15 is 0 Å². The van der Waals surface area contributed by atoms with E-state index in [1.807, 2.05) is 0 Å². The first-order valence-corrected chi connectivity index (χ1v) is 3.95. The van der Waals surface area contributed by atoms with Crippen molar-refractivity contribution in [1.82, 2.24) is 5.32 Å². The molecule has 1 saturated heterocycles. The molecule has 0 bridgehead atoms. The van der Waals surface area contributed by atoms with Crippen molar-refractivity contribution in [2.75, 3.05) is 6.54 Å². The largest absolute Gasteiger partial charge is 0.314 e. The molecular formula is C7H18Cl2N2O. The number of piperidine rings is 1. The third-order valence-corrected chi connectivity index (χ3v) is 2.13. The van der Waals surface area contributed by atoms with Crippen LogP contribution < -0.4 is 11.2 Å². The SMILES string of the molecule is CC[C@H]1C[C@H](ON)CCN1.Cl.Cl. The Balaban J connectivity index is 0. The van der Waals surface area contributed by atoms with Gasteiger partial charge in [-0.25, -0.2) is 5.90 Å². The summed E-state index contributed by atoms with van der Waals surface area (Å²) in [7, 11) is 0. The van der Waals surface area contributed by atoms with E-state index in [0.29, 0.717) is 6.04 Å². The van der Waals surface area contributed by atoms with Crippen LogP contribution in [0.2, 0.25) is 0 Å². The highest BCUT2D eigenvalue weighted by Gasteiger charge is 2.19. The molecule has 1 rings (SSSR count). The summed E-state index contributed by atoms with van der Waals surface area (Å²) >= 11 is 0. The number of hydrogen-bond donors (Lipinski definition) is 2. The predicted octanol–water partition coefficient (Wildman–Crippen LogP) is 1.25. The van der Waals surface area contributed by atoms with Crippen LogP contribution in [-0.4, -0.2) is 18.7 Å². The number of nitrogens with one attached hydrogen (secondary N) is 1. The maximum absolute atomic E-state index is 5.09. The molecule has 5 heteroatoms. The van der Waals surface area contributed by atoms with Crippen molar-refractivity contribution >= 4 is 24.8 Å². The van der Waals surface area contributed by atoms with Crippen molar-refractivity contribution in [3.05, 3.63) is 0 Å². The molecule has 2 atom stereocenters. The lowest BCUT2D eigenvalue weighted by Gasteiger charge is -2.27. The maximum atomic E-state index is 5.09. The lowest BCUT2D eigenvalue weighted by atomic mass is 10.0.